The lowest BCUT2D eigenvalue weighted by Gasteiger charge is -2.25. The van der Waals surface area contributed by atoms with E-state index in [0.29, 0.717) is 0 Å². The minimum Gasteiger partial charge on any atom is -0.370 e. The van der Waals surface area contributed by atoms with Crippen molar-refractivity contribution in [1.29, 1.82) is 0 Å². The van der Waals surface area contributed by atoms with Crippen molar-refractivity contribution < 1.29 is 9.59 Å². The summed E-state index contributed by atoms with van der Waals surface area (Å²) in [5.41, 5.74) is 11.0. The highest BCUT2D eigenvalue weighted by Crippen LogP contribution is 2.29. The van der Waals surface area contributed by atoms with Gasteiger partial charge in [-0.05, 0) is 24.7 Å². The van der Waals surface area contributed by atoms with Crippen molar-refractivity contribution in [2.45, 2.75) is 45.6 Å². The van der Waals surface area contributed by atoms with Crippen LogP contribution in [0.1, 0.15) is 39.5 Å². The molecule has 1 saturated heterocycles. The van der Waals surface area contributed by atoms with Crippen molar-refractivity contribution >= 4 is 11.8 Å². The first-order valence-electron chi connectivity index (χ1n) is 6.14. The van der Waals surface area contributed by atoms with Gasteiger partial charge in [0.25, 0.3) is 0 Å². The van der Waals surface area contributed by atoms with Gasteiger partial charge in [0.05, 0.1) is 12.5 Å². The second-order valence-corrected chi connectivity index (χ2v) is 5.62. The molecular weight excluding hydrogens is 218 g/mol. The van der Waals surface area contributed by atoms with E-state index in [1.165, 1.54) is 0 Å². The summed E-state index contributed by atoms with van der Waals surface area (Å²) in [5.74, 6) is -0.678. The van der Waals surface area contributed by atoms with Gasteiger partial charge in [-0.3, -0.25) is 9.59 Å². The molecule has 1 rings (SSSR count). The van der Waals surface area contributed by atoms with Crippen LogP contribution in [0.2, 0.25) is 0 Å². The minimum atomic E-state index is -0.784. The first kappa shape index (κ1) is 14.0. The van der Waals surface area contributed by atoms with Gasteiger partial charge in [0, 0.05) is 13.1 Å². The number of nitrogens with two attached hydrogens (primary N) is 2. The second kappa shape index (κ2) is 5.49. The van der Waals surface area contributed by atoms with Crippen LogP contribution >= 0.6 is 0 Å². The van der Waals surface area contributed by atoms with Crippen molar-refractivity contribution in [2.75, 3.05) is 13.1 Å². The van der Waals surface area contributed by atoms with Gasteiger partial charge in [-0.2, -0.15) is 0 Å². The van der Waals surface area contributed by atoms with E-state index in [4.69, 9.17) is 11.5 Å². The smallest absolute Gasteiger partial charge is 0.240 e. The highest BCUT2D eigenvalue weighted by molar-refractivity contribution is 5.87. The number of hydrogen-bond acceptors (Lipinski definition) is 3. The zero-order valence-electron chi connectivity index (χ0n) is 10.7. The summed E-state index contributed by atoms with van der Waals surface area (Å²) in [6, 6.07) is -0.784. The molecule has 0 bridgehead atoms. The number of amides is 2. The number of likely N-dealkylation sites (tertiary alicyclic amines) is 1. The SMILES string of the molecule is CC1(C)CCCN(C(=O)C(N)CC(N)=O)CC1. The third-order valence-electron chi connectivity index (χ3n) is 3.39. The predicted octanol–water partition coefficient (Wildman–Crippen LogP) is 0.228. The number of carbonyl (C=O) groups excluding carboxylic acids is 2. The molecule has 1 heterocycles. The minimum absolute atomic E-state index is 0.0707. The van der Waals surface area contributed by atoms with Gasteiger partial charge >= 0.3 is 0 Å². The maximum Gasteiger partial charge on any atom is 0.240 e. The van der Waals surface area contributed by atoms with Crippen molar-refractivity contribution in [3.63, 3.8) is 0 Å². The second-order valence-electron chi connectivity index (χ2n) is 5.62. The zero-order chi connectivity index (χ0) is 13.1. The quantitative estimate of drug-likeness (QED) is 0.741. The van der Waals surface area contributed by atoms with Crippen LogP contribution in [0, 0.1) is 5.41 Å². The highest BCUT2D eigenvalue weighted by Gasteiger charge is 2.28. The van der Waals surface area contributed by atoms with E-state index in [9.17, 15) is 9.59 Å². The molecule has 1 aliphatic heterocycles. The molecule has 98 valence electrons. The van der Waals surface area contributed by atoms with Crippen molar-refractivity contribution in [1.82, 2.24) is 4.90 Å². The lowest BCUT2D eigenvalue weighted by molar-refractivity contribution is -0.134. The fourth-order valence-electron chi connectivity index (χ4n) is 2.18. The van der Waals surface area contributed by atoms with Crippen LogP contribution < -0.4 is 11.5 Å². The summed E-state index contributed by atoms with van der Waals surface area (Å²) in [7, 11) is 0. The summed E-state index contributed by atoms with van der Waals surface area (Å²) in [4.78, 5) is 24.5. The molecule has 5 heteroatoms. The predicted molar refractivity (Wildman–Crippen MR) is 66.0 cm³/mol. The van der Waals surface area contributed by atoms with E-state index in [-0.39, 0.29) is 17.7 Å². The summed E-state index contributed by atoms with van der Waals surface area (Å²) >= 11 is 0. The average Bonchev–Trinajstić information content (AvgIpc) is 2.37. The highest BCUT2D eigenvalue weighted by atomic mass is 16.2. The topological polar surface area (TPSA) is 89.4 Å². The Balaban J connectivity index is 2.55. The molecule has 1 unspecified atom stereocenters. The molecular formula is C12H23N3O2. The molecule has 17 heavy (non-hydrogen) atoms. The molecule has 0 aromatic heterocycles. The van der Waals surface area contributed by atoms with Crippen LogP contribution in [0.5, 0.6) is 0 Å². The number of rotatable bonds is 3. The Labute approximate surface area is 103 Å². The van der Waals surface area contributed by atoms with Crippen LogP contribution in [0.3, 0.4) is 0 Å². The van der Waals surface area contributed by atoms with Gasteiger partial charge in [-0.1, -0.05) is 13.8 Å². The third kappa shape index (κ3) is 4.34. The maximum absolute atomic E-state index is 12.0. The molecule has 0 saturated carbocycles. The Hall–Kier alpha value is -1.10. The summed E-state index contributed by atoms with van der Waals surface area (Å²) in [6.45, 7) is 5.88. The van der Waals surface area contributed by atoms with Crippen LogP contribution in [0.4, 0.5) is 0 Å². The standard InChI is InChI=1S/C12H23N3O2/c1-12(2)4-3-6-15(7-5-12)11(17)9(13)8-10(14)16/h9H,3-8,13H2,1-2H3,(H2,14,16). The Morgan fingerprint density at radius 1 is 1.29 bits per heavy atom. The van der Waals surface area contributed by atoms with Gasteiger partial charge in [0.15, 0.2) is 0 Å². The van der Waals surface area contributed by atoms with Gasteiger partial charge in [-0.25, -0.2) is 0 Å². The molecule has 0 aliphatic carbocycles. The molecule has 4 N–H and O–H groups in total. The monoisotopic (exact) mass is 241 g/mol. The van der Waals surface area contributed by atoms with Crippen molar-refractivity contribution in [3.8, 4) is 0 Å². The first-order chi connectivity index (χ1) is 7.82. The first-order valence-corrected chi connectivity index (χ1v) is 6.14. The number of nitrogens with zero attached hydrogens (tertiary/aromatic N) is 1. The van der Waals surface area contributed by atoms with Crippen LogP contribution in [0.15, 0.2) is 0 Å². The van der Waals surface area contributed by atoms with Crippen molar-refractivity contribution in [3.05, 3.63) is 0 Å². The Morgan fingerprint density at radius 2 is 1.94 bits per heavy atom. The maximum atomic E-state index is 12.0. The largest absolute Gasteiger partial charge is 0.370 e. The molecule has 1 fully saturated rings. The average molecular weight is 241 g/mol. The van der Waals surface area contributed by atoms with E-state index in [0.717, 1.165) is 32.4 Å². The van der Waals surface area contributed by atoms with Crippen molar-refractivity contribution in [2.24, 2.45) is 16.9 Å². The Morgan fingerprint density at radius 3 is 2.53 bits per heavy atom. The Bertz CT molecular complexity index is 302. The van der Waals surface area contributed by atoms with Gasteiger partial charge in [-0.15, -0.1) is 0 Å². The van der Waals surface area contributed by atoms with Gasteiger partial charge in [0.2, 0.25) is 11.8 Å². The summed E-state index contributed by atoms with van der Waals surface area (Å²) in [5, 5.41) is 0. The number of hydrogen-bond donors (Lipinski definition) is 2. The summed E-state index contributed by atoms with van der Waals surface area (Å²) < 4.78 is 0. The molecule has 0 spiro atoms. The normalized spacial score (nSPS) is 21.7. The van der Waals surface area contributed by atoms with E-state index in [1.807, 2.05) is 0 Å². The van der Waals surface area contributed by atoms with Gasteiger partial charge in [0.1, 0.15) is 0 Å². The van der Waals surface area contributed by atoms with Crippen LogP contribution in [-0.4, -0.2) is 35.8 Å². The molecule has 2 amide bonds. The van der Waals surface area contributed by atoms with Crippen LogP contribution in [0.25, 0.3) is 0 Å². The lowest BCUT2D eigenvalue weighted by atomic mass is 9.85. The number of primary amides is 1. The fraction of sp³-hybridized carbons (Fsp3) is 0.833. The molecule has 0 aromatic carbocycles. The lowest BCUT2D eigenvalue weighted by Crippen LogP contribution is -2.46. The van der Waals surface area contributed by atoms with E-state index < -0.39 is 11.9 Å². The van der Waals surface area contributed by atoms with Gasteiger partial charge < -0.3 is 16.4 Å². The number of carbonyl (C=O) groups is 2. The van der Waals surface area contributed by atoms with E-state index >= 15 is 0 Å². The molecule has 1 atom stereocenters. The third-order valence-corrected chi connectivity index (χ3v) is 3.39. The summed E-state index contributed by atoms with van der Waals surface area (Å²) in [6.07, 6.45) is 3.00. The zero-order valence-corrected chi connectivity index (χ0v) is 10.7. The molecule has 1 aliphatic rings. The molecule has 0 radical (unpaired) electrons. The van der Waals surface area contributed by atoms with E-state index in [2.05, 4.69) is 13.8 Å². The molecule has 0 aromatic rings. The van der Waals surface area contributed by atoms with Crippen LogP contribution in [-0.2, 0) is 9.59 Å². The Kier molecular flexibility index (Phi) is 4.51. The van der Waals surface area contributed by atoms with E-state index in [1.54, 1.807) is 4.90 Å². The fourth-order valence-corrected chi connectivity index (χ4v) is 2.18. The molecule has 5 nitrogen and oxygen atoms in total.